The average molecular weight is 315 g/mol. The number of hydrogen-bond acceptors (Lipinski definition) is 4. The minimum atomic E-state index is -0.215. The van der Waals surface area contributed by atoms with Crippen molar-refractivity contribution >= 4 is 17.5 Å². The van der Waals surface area contributed by atoms with Gasteiger partial charge < -0.3 is 10.1 Å². The van der Waals surface area contributed by atoms with E-state index >= 15 is 0 Å². The van der Waals surface area contributed by atoms with E-state index < -0.39 is 0 Å². The Kier molecular flexibility index (Phi) is 5.16. The highest BCUT2D eigenvalue weighted by atomic mass is 16.5. The van der Waals surface area contributed by atoms with E-state index in [-0.39, 0.29) is 24.5 Å². The summed E-state index contributed by atoms with van der Waals surface area (Å²) in [6.07, 6.45) is 0.239. The van der Waals surface area contributed by atoms with Crippen LogP contribution in [-0.2, 0) is 11.8 Å². The number of ketones is 1. The maximum Gasteiger partial charge on any atom is 0.225 e. The van der Waals surface area contributed by atoms with Gasteiger partial charge in [-0.05, 0) is 26.0 Å². The zero-order valence-electron chi connectivity index (χ0n) is 13.8. The second-order valence-electron chi connectivity index (χ2n) is 5.47. The molecule has 0 aliphatic rings. The highest BCUT2D eigenvalue weighted by Crippen LogP contribution is 2.21. The molecular formula is C17H21N3O3. The predicted molar refractivity (Wildman–Crippen MR) is 87.9 cm³/mol. The number of benzene rings is 1. The van der Waals surface area contributed by atoms with Crippen LogP contribution in [0.2, 0.25) is 0 Å². The molecule has 0 saturated carbocycles. The predicted octanol–water partition coefficient (Wildman–Crippen LogP) is 2.65. The lowest BCUT2D eigenvalue weighted by molar-refractivity contribution is -0.116. The average Bonchev–Trinajstić information content (AvgIpc) is 2.82. The summed E-state index contributed by atoms with van der Waals surface area (Å²) in [7, 11) is 3.28. The molecule has 6 nitrogen and oxygen atoms in total. The van der Waals surface area contributed by atoms with Gasteiger partial charge in [0, 0.05) is 26.0 Å². The number of hydrogen-bond donors (Lipinski definition) is 1. The number of Topliss-reactive ketones (excluding diaryl/α,β-unsaturated/α-hetero) is 1. The number of aryl methyl sites for hydroxylation is 3. The number of aromatic nitrogens is 2. The van der Waals surface area contributed by atoms with E-state index in [1.54, 1.807) is 29.9 Å². The molecule has 1 aromatic heterocycles. The molecule has 6 heteroatoms. The minimum absolute atomic E-state index is 0.109. The molecule has 1 N–H and O–H groups in total. The topological polar surface area (TPSA) is 73.2 Å². The molecule has 0 radical (unpaired) electrons. The fraction of sp³-hybridized carbons (Fsp3) is 0.353. The van der Waals surface area contributed by atoms with Crippen molar-refractivity contribution in [2.75, 3.05) is 12.4 Å². The summed E-state index contributed by atoms with van der Waals surface area (Å²) in [6.45, 7) is 3.76. The highest BCUT2D eigenvalue weighted by Gasteiger charge is 2.15. The zero-order valence-corrected chi connectivity index (χ0v) is 13.8. The quantitative estimate of drug-likeness (QED) is 0.832. The Bertz CT molecular complexity index is 735. The number of ether oxygens (including phenoxy) is 1. The Morgan fingerprint density at radius 1 is 1.22 bits per heavy atom. The van der Waals surface area contributed by atoms with Gasteiger partial charge in [0.25, 0.3) is 0 Å². The van der Waals surface area contributed by atoms with Crippen molar-refractivity contribution in [1.29, 1.82) is 0 Å². The molecule has 0 aliphatic carbocycles. The maximum absolute atomic E-state index is 12.3. The number of carbonyl (C=O) groups is 2. The summed E-state index contributed by atoms with van der Waals surface area (Å²) < 4.78 is 6.81. The third kappa shape index (κ3) is 4.18. The van der Waals surface area contributed by atoms with Gasteiger partial charge >= 0.3 is 0 Å². The summed E-state index contributed by atoms with van der Waals surface area (Å²) in [6, 6.07) is 7.21. The van der Waals surface area contributed by atoms with E-state index in [1.807, 2.05) is 19.9 Å². The van der Waals surface area contributed by atoms with Crippen molar-refractivity contribution < 1.29 is 14.3 Å². The molecule has 0 saturated heterocycles. The van der Waals surface area contributed by atoms with Crippen molar-refractivity contribution in [1.82, 2.24) is 9.78 Å². The van der Waals surface area contributed by atoms with E-state index in [9.17, 15) is 9.59 Å². The van der Waals surface area contributed by atoms with Crippen LogP contribution in [0.4, 0.5) is 5.82 Å². The lowest BCUT2D eigenvalue weighted by Crippen LogP contribution is -2.16. The molecule has 1 heterocycles. The van der Waals surface area contributed by atoms with Gasteiger partial charge in [-0.3, -0.25) is 14.3 Å². The number of methoxy groups -OCH3 is 1. The van der Waals surface area contributed by atoms with Crippen LogP contribution in [-0.4, -0.2) is 28.6 Å². The molecule has 122 valence electrons. The van der Waals surface area contributed by atoms with Crippen LogP contribution in [0, 0.1) is 13.8 Å². The molecule has 0 atom stereocenters. The molecule has 0 aliphatic heterocycles. The number of nitrogens with zero attached hydrogens (tertiary/aromatic N) is 2. The van der Waals surface area contributed by atoms with E-state index in [2.05, 4.69) is 10.4 Å². The molecule has 0 fully saturated rings. The lowest BCUT2D eigenvalue weighted by atomic mass is 10.0. The second-order valence-corrected chi connectivity index (χ2v) is 5.47. The maximum atomic E-state index is 12.3. The van der Waals surface area contributed by atoms with Crippen LogP contribution in [0.25, 0.3) is 0 Å². The summed E-state index contributed by atoms with van der Waals surface area (Å²) in [5.74, 6) is 0.825. The lowest BCUT2D eigenvalue weighted by Gasteiger charge is -2.09. The van der Waals surface area contributed by atoms with Gasteiger partial charge in [0.05, 0.1) is 18.4 Å². The van der Waals surface area contributed by atoms with Gasteiger partial charge in [-0.2, -0.15) is 5.10 Å². The van der Waals surface area contributed by atoms with Crippen LogP contribution in [0.3, 0.4) is 0 Å². The summed E-state index contributed by atoms with van der Waals surface area (Å²) in [4.78, 5) is 24.3. The Morgan fingerprint density at radius 2 is 1.96 bits per heavy atom. The largest absolute Gasteiger partial charge is 0.496 e. The number of carbonyl (C=O) groups excluding carboxylic acids is 2. The molecule has 1 aromatic carbocycles. The van der Waals surface area contributed by atoms with Crippen molar-refractivity contribution in [3.8, 4) is 5.75 Å². The van der Waals surface area contributed by atoms with Crippen LogP contribution in [0.15, 0.2) is 24.3 Å². The number of amides is 1. The number of nitrogens with one attached hydrogen (secondary N) is 1. The van der Waals surface area contributed by atoms with Gasteiger partial charge in [0.1, 0.15) is 11.6 Å². The van der Waals surface area contributed by atoms with Crippen LogP contribution in [0.5, 0.6) is 5.75 Å². The Labute approximate surface area is 135 Å². The SMILES string of the molecule is COc1ccc(C)cc1C(=O)CCC(=O)Nc1cc(C)nn1C. The highest BCUT2D eigenvalue weighted by molar-refractivity contribution is 6.01. The Morgan fingerprint density at radius 3 is 2.57 bits per heavy atom. The summed E-state index contributed by atoms with van der Waals surface area (Å²) >= 11 is 0. The fourth-order valence-corrected chi connectivity index (χ4v) is 2.33. The van der Waals surface area contributed by atoms with E-state index in [4.69, 9.17) is 4.74 Å². The molecule has 23 heavy (non-hydrogen) atoms. The smallest absolute Gasteiger partial charge is 0.225 e. The standard InChI is InChI=1S/C17H21N3O3/c1-11-5-7-15(23-4)13(9-11)14(21)6-8-17(22)18-16-10-12(2)19-20(16)3/h5,7,9-10H,6,8H2,1-4H3,(H,18,22). The normalized spacial score (nSPS) is 10.4. The summed E-state index contributed by atoms with van der Waals surface area (Å²) in [5, 5.41) is 6.91. The Balaban J connectivity index is 1.97. The molecule has 2 aromatic rings. The van der Waals surface area contributed by atoms with Gasteiger partial charge in [-0.25, -0.2) is 0 Å². The van der Waals surface area contributed by atoms with Gasteiger partial charge in [0.15, 0.2) is 5.78 Å². The van der Waals surface area contributed by atoms with Crippen molar-refractivity contribution in [2.24, 2.45) is 7.05 Å². The monoisotopic (exact) mass is 315 g/mol. The molecule has 0 bridgehead atoms. The zero-order chi connectivity index (χ0) is 17.0. The van der Waals surface area contributed by atoms with Gasteiger partial charge in [0.2, 0.25) is 5.91 Å². The van der Waals surface area contributed by atoms with Crippen molar-refractivity contribution in [2.45, 2.75) is 26.7 Å². The first kappa shape index (κ1) is 16.7. The van der Waals surface area contributed by atoms with Crippen LogP contribution in [0.1, 0.15) is 34.5 Å². The fourth-order valence-electron chi connectivity index (χ4n) is 2.33. The number of rotatable bonds is 6. The van der Waals surface area contributed by atoms with Crippen molar-refractivity contribution in [3.05, 3.63) is 41.1 Å². The van der Waals surface area contributed by atoms with Crippen molar-refractivity contribution in [3.63, 3.8) is 0 Å². The molecule has 0 unspecified atom stereocenters. The third-order valence-corrected chi connectivity index (χ3v) is 3.50. The molecular weight excluding hydrogens is 294 g/mol. The molecule has 0 spiro atoms. The first-order chi connectivity index (χ1) is 10.9. The first-order valence-corrected chi connectivity index (χ1v) is 7.39. The van der Waals surface area contributed by atoms with Crippen LogP contribution < -0.4 is 10.1 Å². The van der Waals surface area contributed by atoms with E-state index in [0.29, 0.717) is 17.1 Å². The Hall–Kier alpha value is -2.63. The summed E-state index contributed by atoms with van der Waals surface area (Å²) in [5.41, 5.74) is 2.31. The molecule has 2 rings (SSSR count). The van der Waals surface area contributed by atoms with Crippen LogP contribution >= 0.6 is 0 Å². The number of anilines is 1. The first-order valence-electron chi connectivity index (χ1n) is 7.39. The minimum Gasteiger partial charge on any atom is -0.496 e. The second kappa shape index (κ2) is 7.09. The van der Waals surface area contributed by atoms with E-state index in [1.165, 1.54) is 7.11 Å². The van der Waals surface area contributed by atoms with Gasteiger partial charge in [-0.15, -0.1) is 0 Å². The van der Waals surface area contributed by atoms with Gasteiger partial charge in [-0.1, -0.05) is 11.6 Å². The molecule has 1 amide bonds. The van der Waals surface area contributed by atoms with E-state index in [0.717, 1.165) is 11.3 Å². The third-order valence-electron chi connectivity index (χ3n) is 3.50.